The zero-order chi connectivity index (χ0) is 22.2. The first-order chi connectivity index (χ1) is 15.5. The van der Waals surface area contributed by atoms with E-state index in [1.165, 1.54) is 25.0 Å². The fourth-order valence-corrected chi connectivity index (χ4v) is 6.10. The molecule has 0 N–H and O–H groups in total. The molecule has 2 aliphatic heterocycles. The van der Waals surface area contributed by atoms with Crippen LogP contribution < -0.4 is 4.74 Å². The van der Waals surface area contributed by atoms with Gasteiger partial charge in [0.05, 0.1) is 10.2 Å². The van der Waals surface area contributed by atoms with Crippen LogP contribution in [0.25, 0.3) is 11.0 Å². The van der Waals surface area contributed by atoms with E-state index in [2.05, 4.69) is 32.9 Å². The lowest BCUT2D eigenvalue weighted by Gasteiger charge is -2.42. The van der Waals surface area contributed by atoms with Crippen LogP contribution in [-0.2, 0) is 11.2 Å². The number of hydrogen-bond donors (Lipinski definition) is 0. The summed E-state index contributed by atoms with van der Waals surface area (Å²) in [5.74, 6) is 0.840. The number of fused-ring (bicyclic) bond motifs is 3. The summed E-state index contributed by atoms with van der Waals surface area (Å²) in [5, 5.41) is 5.25. The summed E-state index contributed by atoms with van der Waals surface area (Å²) in [7, 11) is 0. The lowest BCUT2D eigenvalue weighted by molar-refractivity contribution is -0.107. The van der Waals surface area contributed by atoms with E-state index in [-0.39, 0.29) is 11.9 Å². The number of benzene rings is 2. The van der Waals surface area contributed by atoms with Crippen molar-refractivity contribution in [2.24, 2.45) is 0 Å². The third-order valence-corrected chi connectivity index (χ3v) is 7.56. The molecule has 2 aromatic carbocycles. The number of nitrogens with zero attached hydrogens (tertiary/aromatic N) is 2. The minimum Gasteiger partial charge on any atom is -0.491 e. The summed E-state index contributed by atoms with van der Waals surface area (Å²) in [4.78, 5) is 13.3. The number of carbonyl (C=O) groups is 1. The fourth-order valence-electron chi connectivity index (χ4n) is 5.56. The molecule has 5 nitrogen and oxygen atoms in total. The van der Waals surface area contributed by atoms with Crippen molar-refractivity contribution in [3.05, 3.63) is 57.9 Å². The highest BCUT2D eigenvalue weighted by Crippen LogP contribution is 2.45. The van der Waals surface area contributed by atoms with Gasteiger partial charge in [-0.25, -0.2) is 4.39 Å². The highest BCUT2D eigenvalue weighted by Gasteiger charge is 2.44. The van der Waals surface area contributed by atoms with Gasteiger partial charge in [0.1, 0.15) is 24.5 Å². The van der Waals surface area contributed by atoms with Crippen molar-refractivity contribution >= 4 is 33.2 Å². The molecule has 168 valence electrons. The smallest absolute Gasteiger partial charge is 0.170 e. The van der Waals surface area contributed by atoms with Crippen LogP contribution in [0, 0.1) is 5.82 Å². The van der Waals surface area contributed by atoms with Crippen molar-refractivity contribution < 1.29 is 18.4 Å². The van der Waals surface area contributed by atoms with Crippen molar-refractivity contribution in [1.82, 2.24) is 10.1 Å². The molecule has 0 amide bonds. The van der Waals surface area contributed by atoms with Gasteiger partial charge in [0.2, 0.25) is 0 Å². The number of ether oxygens (including phenoxy) is 1. The molecule has 0 aliphatic carbocycles. The monoisotopic (exact) mass is 500 g/mol. The summed E-state index contributed by atoms with van der Waals surface area (Å²) < 4.78 is 25.9. The van der Waals surface area contributed by atoms with Crippen molar-refractivity contribution in [2.75, 3.05) is 6.61 Å². The highest BCUT2D eigenvalue weighted by molar-refractivity contribution is 9.10. The molecule has 32 heavy (non-hydrogen) atoms. The van der Waals surface area contributed by atoms with Gasteiger partial charge in [0.15, 0.2) is 5.58 Å². The second-order valence-electron chi connectivity index (χ2n) is 9.00. The number of aromatic nitrogens is 1. The Bertz CT molecular complexity index is 1120. The van der Waals surface area contributed by atoms with Gasteiger partial charge in [0, 0.05) is 41.9 Å². The number of halogens is 2. The molecular formula is C25H26BrFN2O3. The fraction of sp³-hybridized carbons (Fsp3) is 0.440. The van der Waals surface area contributed by atoms with Crippen LogP contribution in [0.4, 0.5) is 4.39 Å². The quantitative estimate of drug-likeness (QED) is 0.392. The van der Waals surface area contributed by atoms with Crippen LogP contribution in [0.15, 0.2) is 45.4 Å². The van der Waals surface area contributed by atoms with Gasteiger partial charge in [-0.15, -0.1) is 0 Å². The van der Waals surface area contributed by atoms with Crippen LogP contribution in [-0.4, -0.2) is 41.1 Å². The average Bonchev–Trinajstić information content (AvgIpc) is 3.30. The van der Waals surface area contributed by atoms with E-state index < -0.39 is 0 Å². The van der Waals surface area contributed by atoms with E-state index in [1.54, 1.807) is 6.07 Å². The lowest BCUT2D eigenvalue weighted by atomic mass is 9.86. The van der Waals surface area contributed by atoms with E-state index >= 15 is 0 Å². The minimum absolute atomic E-state index is 0.290. The van der Waals surface area contributed by atoms with Crippen molar-refractivity contribution in [2.45, 2.75) is 63.1 Å². The standard InChI is InChI=1S/C25H26BrFN2O3/c1-15(14-31-23-7-2-16(8-9-30)10-22(23)26)29-19-4-5-20(29)12-17(11-19)25-21-6-3-18(27)13-24(21)32-28-25/h2-3,6-7,9-10,13,15,17,19-20H,4-5,8,11-12,14H2,1H3. The van der Waals surface area contributed by atoms with Gasteiger partial charge in [-0.2, -0.15) is 0 Å². The third kappa shape index (κ3) is 4.08. The number of rotatable bonds is 7. The van der Waals surface area contributed by atoms with Crippen molar-refractivity contribution in [3.63, 3.8) is 0 Å². The molecular weight excluding hydrogens is 475 g/mol. The second kappa shape index (κ2) is 8.94. The first-order valence-electron chi connectivity index (χ1n) is 11.2. The van der Waals surface area contributed by atoms with Crippen LogP contribution in [0.5, 0.6) is 5.75 Å². The predicted molar refractivity (Wildman–Crippen MR) is 123 cm³/mol. The maximum Gasteiger partial charge on any atom is 0.170 e. The minimum atomic E-state index is -0.297. The summed E-state index contributed by atoms with van der Waals surface area (Å²) >= 11 is 3.56. The van der Waals surface area contributed by atoms with E-state index in [4.69, 9.17) is 9.26 Å². The molecule has 2 fully saturated rings. The van der Waals surface area contributed by atoms with Crippen LogP contribution in [0.2, 0.25) is 0 Å². The summed E-state index contributed by atoms with van der Waals surface area (Å²) in [5.41, 5.74) is 2.47. The van der Waals surface area contributed by atoms with E-state index in [0.29, 0.717) is 36.6 Å². The van der Waals surface area contributed by atoms with Gasteiger partial charge < -0.3 is 14.1 Å². The number of hydrogen-bond acceptors (Lipinski definition) is 5. The van der Waals surface area contributed by atoms with Crippen molar-refractivity contribution in [1.29, 1.82) is 0 Å². The van der Waals surface area contributed by atoms with Gasteiger partial charge in [-0.1, -0.05) is 11.2 Å². The first kappa shape index (κ1) is 21.6. The predicted octanol–water partition coefficient (Wildman–Crippen LogP) is 5.65. The molecule has 0 saturated carbocycles. The van der Waals surface area contributed by atoms with Gasteiger partial charge in [0.25, 0.3) is 0 Å². The summed E-state index contributed by atoms with van der Waals surface area (Å²) in [6, 6.07) is 11.8. The van der Waals surface area contributed by atoms with Gasteiger partial charge in [-0.3, -0.25) is 4.90 Å². The molecule has 3 atom stereocenters. The number of carbonyl (C=O) groups excluding carboxylic acids is 1. The lowest BCUT2D eigenvalue weighted by Crippen LogP contribution is -2.49. The third-order valence-electron chi connectivity index (χ3n) is 6.94. The summed E-state index contributed by atoms with van der Waals surface area (Å²) in [6.45, 7) is 2.84. The molecule has 3 aromatic rings. The Morgan fingerprint density at radius 1 is 1.25 bits per heavy atom. The Hall–Kier alpha value is -2.25. The normalized spacial score (nSPS) is 24.0. The largest absolute Gasteiger partial charge is 0.491 e. The van der Waals surface area contributed by atoms with E-state index in [9.17, 15) is 9.18 Å². The molecule has 2 bridgehead atoms. The Morgan fingerprint density at radius 2 is 2.03 bits per heavy atom. The Kier molecular flexibility index (Phi) is 6.03. The zero-order valence-corrected chi connectivity index (χ0v) is 19.6. The van der Waals surface area contributed by atoms with E-state index in [0.717, 1.165) is 46.0 Å². The maximum atomic E-state index is 13.5. The number of aldehydes is 1. The topological polar surface area (TPSA) is 55.6 Å². The molecule has 0 spiro atoms. The first-order valence-corrected chi connectivity index (χ1v) is 12.0. The van der Waals surface area contributed by atoms with Crippen LogP contribution >= 0.6 is 15.9 Å². The molecule has 2 saturated heterocycles. The molecule has 0 radical (unpaired) electrons. The van der Waals surface area contributed by atoms with E-state index in [1.807, 2.05) is 18.2 Å². The van der Waals surface area contributed by atoms with Crippen LogP contribution in [0.1, 0.15) is 49.8 Å². The SMILES string of the molecule is CC(COc1ccc(CC=O)cc1Br)N1C2CCC1CC(c1noc3cc(F)ccc13)C2. The van der Waals surface area contributed by atoms with Gasteiger partial charge in [-0.05, 0) is 78.4 Å². The molecule has 5 rings (SSSR count). The highest BCUT2D eigenvalue weighted by atomic mass is 79.9. The molecule has 2 aliphatic rings. The zero-order valence-electron chi connectivity index (χ0n) is 18.0. The van der Waals surface area contributed by atoms with Crippen molar-refractivity contribution in [3.8, 4) is 5.75 Å². The Labute approximate surface area is 195 Å². The molecule has 7 heteroatoms. The molecule has 1 aromatic heterocycles. The van der Waals surface area contributed by atoms with Crippen LogP contribution in [0.3, 0.4) is 0 Å². The summed E-state index contributed by atoms with van der Waals surface area (Å²) in [6.07, 6.45) is 5.74. The second-order valence-corrected chi connectivity index (χ2v) is 9.86. The van der Waals surface area contributed by atoms with Gasteiger partial charge >= 0.3 is 0 Å². The molecule has 3 heterocycles. The maximum absolute atomic E-state index is 13.5. The Balaban J connectivity index is 1.25. The average molecular weight is 501 g/mol. The molecule has 3 unspecified atom stereocenters. The number of piperidine rings is 1. The Morgan fingerprint density at radius 3 is 2.75 bits per heavy atom.